The Balaban J connectivity index is 1.93. The van der Waals surface area contributed by atoms with Crippen LogP contribution in [0.25, 0.3) is 0 Å². The minimum Gasteiger partial charge on any atom is -0.491 e. The topological polar surface area (TPSA) is 21.3 Å². The van der Waals surface area contributed by atoms with E-state index in [4.69, 9.17) is 4.74 Å². The fourth-order valence-electron chi connectivity index (χ4n) is 3.12. The van der Waals surface area contributed by atoms with Crippen LogP contribution in [-0.2, 0) is 0 Å². The van der Waals surface area contributed by atoms with Crippen LogP contribution in [0.5, 0.6) is 5.75 Å². The molecule has 1 aliphatic carbocycles. The Morgan fingerprint density at radius 2 is 1.95 bits per heavy atom. The number of ether oxygens (including phenoxy) is 1. The van der Waals surface area contributed by atoms with Gasteiger partial charge in [-0.05, 0) is 69.7 Å². The van der Waals surface area contributed by atoms with E-state index in [1.54, 1.807) is 0 Å². The molecular formula is C18H29NO. The van der Waals surface area contributed by atoms with Crippen molar-refractivity contribution in [3.8, 4) is 5.75 Å². The monoisotopic (exact) mass is 275 g/mol. The smallest absolute Gasteiger partial charge is 0.119 e. The zero-order valence-corrected chi connectivity index (χ0v) is 13.2. The van der Waals surface area contributed by atoms with Crippen molar-refractivity contribution in [1.29, 1.82) is 0 Å². The van der Waals surface area contributed by atoms with Gasteiger partial charge in [-0.2, -0.15) is 0 Å². The van der Waals surface area contributed by atoms with Gasteiger partial charge in [0.15, 0.2) is 0 Å². The van der Waals surface area contributed by atoms with E-state index in [0.717, 1.165) is 12.3 Å². The summed E-state index contributed by atoms with van der Waals surface area (Å²) >= 11 is 0. The molecule has 1 N–H and O–H groups in total. The Hall–Kier alpha value is -1.02. The predicted octanol–water partition coefficient (Wildman–Crippen LogP) is 4.50. The lowest BCUT2D eigenvalue weighted by atomic mass is 9.81. The summed E-state index contributed by atoms with van der Waals surface area (Å²) in [6, 6.07) is 9.46. The fraction of sp³-hybridized carbons (Fsp3) is 0.667. The van der Waals surface area contributed by atoms with Crippen molar-refractivity contribution < 1.29 is 4.74 Å². The summed E-state index contributed by atoms with van der Waals surface area (Å²) in [6.07, 6.45) is 6.76. The van der Waals surface area contributed by atoms with Gasteiger partial charge in [-0.1, -0.05) is 25.5 Å². The number of benzene rings is 1. The number of hydrogen-bond donors (Lipinski definition) is 1. The summed E-state index contributed by atoms with van der Waals surface area (Å²) in [5, 5.41) is 3.68. The van der Waals surface area contributed by atoms with E-state index in [-0.39, 0.29) is 6.10 Å². The maximum atomic E-state index is 5.72. The molecule has 20 heavy (non-hydrogen) atoms. The number of rotatable bonds is 6. The van der Waals surface area contributed by atoms with Gasteiger partial charge in [0.25, 0.3) is 0 Å². The van der Waals surface area contributed by atoms with Gasteiger partial charge in [-0.25, -0.2) is 0 Å². The van der Waals surface area contributed by atoms with Crippen LogP contribution in [0.4, 0.5) is 0 Å². The second kappa shape index (κ2) is 7.68. The maximum absolute atomic E-state index is 5.72. The second-order valence-electron chi connectivity index (χ2n) is 6.25. The zero-order valence-electron chi connectivity index (χ0n) is 13.2. The molecule has 1 fully saturated rings. The SMILES string of the molecule is CCCNC1CCCC(c2ccc(OC(C)C)cc2)C1. The molecule has 2 rings (SSSR count). The van der Waals surface area contributed by atoms with Crippen LogP contribution in [0.15, 0.2) is 24.3 Å². The predicted molar refractivity (Wildman–Crippen MR) is 85.5 cm³/mol. The lowest BCUT2D eigenvalue weighted by molar-refractivity contribution is 0.242. The highest BCUT2D eigenvalue weighted by Crippen LogP contribution is 2.33. The molecule has 0 aromatic heterocycles. The molecule has 2 nitrogen and oxygen atoms in total. The van der Waals surface area contributed by atoms with Crippen LogP contribution in [0.1, 0.15) is 64.4 Å². The first-order valence-corrected chi connectivity index (χ1v) is 8.19. The van der Waals surface area contributed by atoms with Crippen LogP contribution >= 0.6 is 0 Å². The van der Waals surface area contributed by atoms with E-state index < -0.39 is 0 Å². The third-order valence-electron chi connectivity index (χ3n) is 4.08. The van der Waals surface area contributed by atoms with E-state index in [1.165, 1.54) is 37.7 Å². The van der Waals surface area contributed by atoms with Crippen molar-refractivity contribution in [3.63, 3.8) is 0 Å². The molecule has 2 unspecified atom stereocenters. The Labute approximate surface area is 123 Å². The summed E-state index contributed by atoms with van der Waals surface area (Å²) in [6.45, 7) is 7.53. The Morgan fingerprint density at radius 1 is 1.20 bits per heavy atom. The molecular weight excluding hydrogens is 246 g/mol. The van der Waals surface area contributed by atoms with Gasteiger partial charge >= 0.3 is 0 Å². The molecule has 2 heteroatoms. The molecule has 0 radical (unpaired) electrons. The first-order valence-electron chi connectivity index (χ1n) is 8.19. The van der Waals surface area contributed by atoms with Gasteiger partial charge in [-0.3, -0.25) is 0 Å². The van der Waals surface area contributed by atoms with Gasteiger partial charge in [-0.15, -0.1) is 0 Å². The quantitative estimate of drug-likeness (QED) is 0.825. The molecule has 1 saturated carbocycles. The largest absolute Gasteiger partial charge is 0.491 e. The second-order valence-corrected chi connectivity index (χ2v) is 6.25. The molecule has 2 atom stereocenters. The van der Waals surface area contributed by atoms with Crippen LogP contribution in [0.2, 0.25) is 0 Å². The van der Waals surface area contributed by atoms with Crippen molar-refractivity contribution >= 4 is 0 Å². The van der Waals surface area contributed by atoms with E-state index in [1.807, 2.05) is 0 Å². The van der Waals surface area contributed by atoms with Gasteiger partial charge in [0, 0.05) is 6.04 Å². The highest BCUT2D eigenvalue weighted by Gasteiger charge is 2.22. The first kappa shape index (κ1) is 15.4. The molecule has 112 valence electrons. The molecule has 1 aromatic carbocycles. The van der Waals surface area contributed by atoms with Crippen LogP contribution in [0.3, 0.4) is 0 Å². The third kappa shape index (κ3) is 4.52. The molecule has 0 saturated heterocycles. The highest BCUT2D eigenvalue weighted by molar-refractivity contribution is 5.30. The fourth-order valence-corrected chi connectivity index (χ4v) is 3.12. The van der Waals surface area contributed by atoms with Gasteiger partial charge in [0.05, 0.1) is 6.10 Å². The van der Waals surface area contributed by atoms with E-state index in [0.29, 0.717) is 12.0 Å². The average molecular weight is 275 g/mol. The molecule has 0 heterocycles. The maximum Gasteiger partial charge on any atom is 0.119 e. The van der Waals surface area contributed by atoms with Gasteiger partial charge in [0.2, 0.25) is 0 Å². The van der Waals surface area contributed by atoms with Crippen molar-refractivity contribution in [2.75, 3.05) is 6.54 Å². The third-order valence-corrected chi connectivity index (χ3v) is 4.08. The standard InChI is InChI=1S/C18H29NO/c1-4-12-19-17-7-5-6-16(13-17)15-8-10-18(11-9-15)20-14(2)3/h8-11,14,16-17,19H,4-7,12-13H2,1-3H3. The van der Waals surface area contributed by atoms with Crippen molar-refractivity contribution in [1.82, 2.24) is 5.32 Å². The highest BCUT2D eigenvalue weighted by atomic mass is 16.5. The lowest BCUT2D eigenvalue weighted by Crippen LogP contribution is -2.33. The van der Waals surface area contributed by atoms with Crippen molar-refractivity contribution in [2.45, 2.75) is 70.9 Å². The summed E-state index contributed by atoms with van der Waals surface area (Å²) in [7, 11) is 0. The molecule has 1 aliphatic rings. The minimum atomic E-state index is 0.248. The first-order chi connectivity index (χ1) is 9.69. The molecule has 0 bridgehead atoms. The molecule has 0 amide bonds. The number of nitrogens with one attached hydrogen (secondary N) is 1. The van der Waals surface area contributed by atoms with E-state index >= 15 is 0 Å². The van der Waals surface area contributed by atoms with Gasteiger partial charge in [0.1, 0.15) is 5.75 Å². The zero-order chi connectivity index (χ0) is 14.4. The summed E-state index contributed by atoms with van der Waals surface area (Å²) < 4.78 is 5.72. The summed E-state index contributed by atoms with van der Waals surface area (Å²) in [5.74, 6) is 1.70. The Bertz CT molecular complexity index is 385. The van der Waals surface area contributed by atoms with E-state index in [2.05, 4.69) is 50.4 Å². The average Bonchev–Trinajstić information content (AvgIpc) is 2.45. The van der Waals surface area contributed by atoms with Crippen LogP contribution < -0.4 is 10.1 Å². The van der Waals surface area contributed by atoms with Crippen molar-refractivity contribution in [2.24, 2.45) is 0 Å². The minimum absolute atomic E-state index is 0.248. The van der Waals surface area contributed by atoms with Crippen LogP contribution in [-0.4, -0.2) is 18.7 Å². The summed E-state index contributed by atoms with van der Waals surface area (Å²) in [4.78, 5) is 0. The lowest BCUT2D eigenvalue weighted by Gasteiger charge is -2.30. The van der Waals surface area contributed by atoms with Gasteiger partial charge < -0.3 is 10.1 Å². The van der Waals surface area contributed by atoms with Crippen LogP contribution in [0, 0.1) is 0 Å². The molecule has 1 aromatic rings. The summed E-state index contributed by atoms with van der Waals surface area (Å²) in [5.41, 5.74) is 1.48. The Morgan fingerprint density at radius 3 is 2.60 bits per heavy atom. The Kier molecular flexibility index (Phi) is 5.90. The molecule has 0 aliphatic heterocycles. The van der Waals surface area contributed by atoms with Crippen molar-refractivity contribution in [3.05, 3.63) is 29.8 Å². The number of hydrogen-bond acceptors (Lipinski definition) is 2. The normalized spacial score (nSPS) is 23.0. The van der Waals surface area contributed by atoms with E-state index in [9.17, 15) is 0 Å². The molecule has 0 spiro atoms.